The number of nitro groups is 1. The summed E-state index contributed by atoms with van der Waals surface area (Å²) in [5, 5.41) is 24.0. The highest BCUT2D eigenvalue weighted by Gasteiger charge is 2.09. The number of carbonyl (C=O) groups excluding carboxylic acids is 1. The van der Waals surface area contributed by atoms with Crippen molar-refractivity contribution >= 4 is 17.8 Å². The van der Waals surface area contributed by atoms with Gasteiger partial charge >= 0.3 is 0 Å². The van der Waals surface area contributed by atoms with Crippen LogP contribution >= 0.6 is 0 Å². The summed E-state index contributed by atoms with van der Waals surface area (Å²) in [6, 6.07) is 11.1. The number of hydrogen-bond acceptors (Lipinski definition) is 5. The topological polar surface area (TPSA) is 105 Å². The quantitative estimate of drug-likeness (QED) is 0.502. The zero-order chi connectivity index (χ0) is 16.8. The van der Waals surface area contributed by atoms with Crippen LogP contribution in [0.1, 0.15) is 16.7 Å². The summed E-state index contributed by atoms with van der Waals surface area (Å²) in [5.41, 5.74) is 4.25. The number of amides is 1. The summed E-state index contributed by atoms with van der Waals surface area (Å²) < 4.78 is 0. The number of aryl methyl sites for hydroxylation is 1. The molecule has 0 saturated heterocycles. The second-order valence-corrected chi connectivity index (χ2v) is 4.96. The molecule has 0 atom stereocenters. The molecule has 23 heavy (non-hydrogen) atoms. The maximum Gasteiger partial charge on any atom is 0.270 e. The number of hydrazone groups is 1. The number of nitrogens with zero attached hydrogens (tertiary/aromatic N) is 2. The van der Waals surface area contributed by atoms with E-state index in [2.05, 4.69) is 10.5 Å². The molecule has 2 aromatic rings. The average Bonchev–Trinajstić information content (AvgIpc) is 2.51. The van der Waals surface area contributed by atoms with Crippen molar-refractivity contribution < 1.29 is 14.8 Å². The number of aromatic hydroxyl groups is 1. The molecular formula is C16H15N3O4. The second kappa shape index (κ2) is 7.17. The molecule has 0 bridgehead atoms. The predicted molar refractivity (Wildman–Crippen MR) is 85.4 cm³/mol. The van der Waals surface area contributed by atoms with Gasteiger partial charge in [-0.25, -0.2) is 5.43 Å². The molecule has 2 rings (SSSR count). The van der Waals surface area contributed by atoms with E-state index in [1.807, 2.05) is 31.2 Å². The van der Waals surface area contributed by atoms with E-state index in [1.54, 1.807) is 0 Å². The van der Waals surface area contributed by atoms with Crippen molar-refractivity contribution in [3.05, 3.63) is 69.3 Å². The molecule has 0 spiro atoms. The molecule has 1 amide bonds. The normalized spacial score (nSPS) is 10.7. The third kappa shape index (κ3) is 4.63. The van der Waals surface area contributed by atoms with Crippen molar-refractivity contribution in [3.8, 4) is 5.75 Å². The minimum Gasteiger partial charge on any atom is -0.507 e. The third-order valence-electron chi connectivity index (χ3n) is 3.10. The standard InChI is InChI=1S/C16H15N3O4/c1-11-2-4-12(5-3-11)8-16(21)18-17-10-13-9-14(19(22)23)6-7-15(13)20/h2-7,9-10,20H,8H2,1H3,(H,18,21)/b17-10+. The van der Waals surface area contributed by atoms with Gasteiger partial charge in [0.2, 0.25) is 5.91 Å². The molecule has 7 nitrogen and oxygen atoms in total. The molecule has 0 radical (unpaired) electrons. The molecule has 7 heteroatoms. The van der Waals surface area contributed by atoms with Crippen LogP contribution in [0.4, 0.5) is 5.69 Å². The van der Waals surface area contributed by atoms with Gasteiger partial charge in [-0.15, -0.1) is 0 Å². The smallest absolute Gasteiger partial charge is 0.270 e. The molecule has 2 aromatic carbocycles. The molecular weight excluding hydrogens is 298 g/mol. The molecule has 0 unspecified atom stereocenters. The van der Waals surface area contributed by atoms with Gasteiger partial charge in [-0.05, 0) is 18.6 Å². The largest absolute Gasteiger partial charge is 0.507 e. The minimum atomic E-state index is -0.577. The maximum atomic E-state index is 11.8. The fourth-order valence-electron chi connectivity index (χ4n) is 1.86. The fraction of sp³-hybridized carbons (Fsp3) is 0.125. The number of nitrogens with one attached hydrogen (secondary N) is 1. The van der Waals surface area contributed by atoms with Crippen LogP contribution in [-0.2, 0) is 11.2 Å². The van der Waals surface area contributed by atoms with Crippen LogP contribution in [0.2, 0.25) is 0 Å². The Labute approximate surface area is 132 Å². The van der Waals surface area contributed by atoms with Gasteiger partial charge in [-0.2, -0.15) is 5.10 Å². The summed E-state index contributed by atoms with van der Waals surface area (Å²) >= 11 is 0. The Morgan fingerprint density at radius 1 is 1.30 bits per heavy atom. The van der Waals surface area contributed by atoms with Crippen LogP contribution in [0.15, 0.2) is 47.6 Å². The lowest BCUT2D eigenvalue weighted by Crippen LogP contribution is -2.19. The van der Waals surface area contributed by atoms with Crippen LogP contribution in [-0.4, -0.2) is 22.2 Å². The number of benzene rings is 2. The number of phenolic OH excluding ortho intramolecular Hbond substituents is 1. The second-order valence-electron chi connectivity index (χ2n) is 4.96. The zero-order valence-corrected chi connectivity index (χ0v) is 12.4. The number of hydrogen-bond donors (Lipinski definition) is 2. The van der Waals surface area contributed by atoms with Crippen LogP contribution < -0.4 is 5.43 Å². The summed E-state index contributed by atoms with van der Waals surface area (Å²) in [7, 11) is 0. The molecule has 2 N–H and O–H groups in total. The number of phenols is 1. The van der Waals surface area contributed by atoms with E-state index in [9.17, 15) is 20.0 Å². The number of rotatable bonds is 5. The van der Waals surface area contributed by atoms with E-state index >= 15 is 0 Å². The van der Waals surface area contributed by atoms with Crippen molar-refractivity contribution in [2.75, 3.05) is 0 Å². The molecule has 0 fully saturated rings. The van der Waals surface area contributed by atoms with Crippen LogP contribution in [0.25, 0.3) is 0 Å². The summed E-state index contributed by atoms with van der Waals surface area (Å²) in [4.78, 5) is 21.9. The highest BCUT2D eigenvalue weighted by atomic mass is 16.6. The Morgan fingerprint density at radius 2 is 2.00 bits per heavy atom. The first-order valence-corrected chi connectivity index (χ1v) is 6.80. The third-order valence-corrected chi connectivity index (χ3v) is 3.10. The lowest BCUT2D eigenvalue weighted by atomic mass is 10.1. The number of nitro benzene ring substituents is 1. The van der Waals surface area contributed by atoms with Crippen molar-refractivity contribution in [2.24, 2.45) is 5.10 Å². The van der Waals surface area contributed by atoms with E-state index in [1.165, 1.54) is 18.2 Å². The molecule has 0 aliphatic carbocycles. The van der Waals surface area contributed by atoms with Gasteiger partial charge < -0.3 is 5.11 Å². The summed E-state index contributed by atoms with van der Waals surface area (Å²) in [5.74, 6) is -0.484. The first kappa shape index (κ1) is 16.2. The predicted octanol–water partition coefficient (Wildman–Crippen LogP) is 2.30. The lowest BCUT2D eigenvalue weighted by molar-refractivity contribution is -0.384. The van der Waals surface area contributed by atoms with Crippen LogP contribution in [0.3, 0.4) is 0 Å². The Hall–Kier alpha value is -3.22. The van der Waals surface area contributed by atoms with E-state index in [4.69, 9.17) is 0 Å². The Balaban J connectivity index is 1.98. The van der Waals surface area contributed by atoms with Crippen molar-refractivity contribution in [2.45, 2.75) is 13.3 Å². The highest BCUT2D eigenvalue weighted by Crippen LogP contribution is 2.21. The Kier molecular flexibility index (Phi) is 5.03. The lowest BCUT2D eigenvalue weighted by Gasteiger charge is -2.02. The first-order valence-electron chi connectivity index (χ1n) is 6.80. The molecule has 0 aromatic heterocycles. The number of non-ortho nitro benzene ring substituents is 1. The van der Waals surface area contributed by atoms with Gasteiger partial charge in [0, 0.05) is 17.7 Å². The van der Waals surface area contributed by atoms with Gasteiger partial charge in [0.25, 0.3) is 5.69 Å². The molecule has 118 valence electrons. The van der Waals surface area contributed by atoms with Crippen molar-refractivity contribution in [1.29, 1.82) is 0 Å². The number of carbonyl (C=O) groups is 1. The molecule has 0 aliphatic heterocycles. The van der Waals surface area contributed by atoms with Gasteiger partial charge in [-0.1, -0.05) is 29.8 Å². The maximum absolute atomic E-state index is 11.8. The van der Waals surface area contributed by atoms with Gasteiger partial charge in [-0.3, -0.25) is 14.9 Å². The zero-order valence-electron chi connectivity index (χ0n) is 12.4. The van der Waals surface area contributed by atoms with Crippen LogP contribution in [0, 0.1) is 17.0 Å². The van der Waals surface area contributed by atoms with E-state index in [-0.39, 0.29) is 29.3 Å². The van der Waals surface area contributed by atoms with E-state index in [0.29, 0.717) is 0 Å². The monoisotopic (exact) mass is 313 g/mol. The average molecular weight is 313 g/mol. The van der Waals surface area contributed by atoms with Crippen molar-refractivity contribution in [1.82, 2.24) is 5.43 Å². The summed E-state index contributed by atoms with van der Waals surface area (Å²) in [6.07, 6.45) is 1.33. The SMILES string of the molecule is Cc1ccc(CC(=O)N/N=C/c2cc([N+](=O)[O-])ccc2O)cc1. The first-order chi connectivity index (χ1) is 11.0. The van der Waals surface area contributed by atoms with Crippen molar-refractivity contribution in [3.63, 3.8) is 0 Å². The van der Waals surface area contributed by atoms with Gasteiger partial charge in [0.15, 0.2) is 0 Å². The Morgan fingerprint density at radius 3 is 2.65 bits per heavy atom. The van der Waals surface area contributed by atoms with Gasteiger partial charge in [0.1, 0.15) is 5.75 Å². The molecule has 0 saturated carbocycles. The molecule has 0 aliphatic rings. The molecule has 0 heterocycles. The van der Waals surface area contributed by atoms with Crippen LogP contribution in [0.5, 0.6) is 5.75 Å². The fourth-order valence-corrected chi connectivity index (χ4v) is 1.86. The Bertz CT molecular complexity index is 754. The van der Waals surface area contributed by atoms with E-state index in [0.717, 1.165) is 17.3 Å². The highest BCUT2D eigenvalue weighted by molar-refractivity contribution is 5.86. The summed E-state index contributed by atoms with van der Waals surface area (Å²) in [6.45, 7) is 1.96. The van der Waals surface area contributed by atoms with Gasteiger partial charge in [0.05, 0.1) is 17.6 Å². The van der Waals surface area contributed by atoms with E-state index < -0.39 is 4.92 Å². The minimum absolute atomic E-state index is 0.148.